The number of rotatable bonds is 3. The zero-order chi connectivity index (χ0) is 14.1. The third kappa shape index (κ3) is 3.35. The molecule has 9 heteroatoms. The lowest BCUT2D eigenvalue weighted by atomic mass is 10.3. The molecular weight excluding hydrogens is 309 g/mol. The molecule has 1 aromatic rings. The van der Waals surface area contributed by atoms with Crippen molar-refractivity contribution in [1.82, 2.24) is 0 Å². The topological polar surface area (TPSA) is 9.23 Å². The number of hydrogen-bond donors (Lipinski definition) is 0. The van der Waals surface area contributed by atoms with Crippen molar-refractivity contribution in [3.8, 4) is 5.75 Å². The molecule has 1 nitrogen and oxygen atoms in total. The summed E-state index contributed by atoms with van der Waals surface area (Å²) in [6.45, 7) is 0. The van der Waals surface area contributed by atoms with Gasteiger partial charge in [-0.1, -0.05) is 29.3 Å². The SMILES string of the molecule is FC(C(F)(F)F)C(F)(F)Oc1c(Cl)cccc1Cl. The van der Waals surface area contributed by atoms with Crippen molar-refractivity contribution in [2.45, 2.75) is 18.5 Å². The molecule has 1 aromatic carbocycles. The molecule has 18 heavy (non-hydrogen) atoms. The monoisotopic (exact) mass is 312 g/mol. The van der Waals surface area contributed by atoms with E-state index >= 15 is 0 Å². The molecule has 0 heterocycles. The molecule has 102 valence electrons. The fraction of sp³-hybridized carbons (Fsp3) is 0.333. The first-order valence-corrected chi connectivity index (χ1v) is 5.03. The molecule has 0 aromatic heterocycles. The quantitative estimate of drug-likeness (QED) is 0.724. The van der Waals surface area contributed by atoms with Crippen molar-refractivity contribution in [3.05, 3.63) is 28.2 Å². The Morgan fingerprint density at radius 1 is 1.00 bits per heavy atom. The first-order valence-electron chi connectivity index (χ1n) is 4.27. The standard InChI is InChI=1S/C9H4Cl2F6O/c10-4-2-1-3-5(11)6(4)18-9(16,17)7(12)8(13,14)15/h1-3,7H. The minimum absolute atomic E-state index is 0.462. The third-order valence-corrected chi connectivity index (χ3v) is 2.33. The highest BCUT2D eigenvalue weighted by atomic mass is 35.5. The molecule has 0 fully saturated rings. The van der Waals surface area contributed by atoms with Crippen LogP contribution in [0.5, 0.6) is 5.75 Å². The molecular formula is C9H4Cl2F6O. The summed E-state index contributed by atoms with van der Waals surface area (Å²) in [5.41, 5.74) is 0. The van der Waals surface area contributed by atoms with Crippen molar-refractivity contribution in [1.29, 1.82) is 0 Å². The van der Waals surface area contributed by atoms with Gasteiger partial charge < -0.3 is 4.74 Å². The second-order valence-electron chi connectivity index (χ2n) is 3.12. The van der Waals surface area contributed by atoms with E-state index in [1.54, 1.807) is 0 Å². The number of para-hydroxylation sites is 1. The summed E-state index contributed by atoms with van der Waals surface area (Å²) in [6.07, 6.45) is -15.4. The van der Waals surface area contributed by atoms with E-state index in [9.17, 15) is 26.3 Å². The first-order chi connectivity index (χ1) is 8.05. The molecule has 1 unspecified atom stereocenters. The van der Waals surface area contributed by atoms with Crippen LogP contribution in [0.4, 0.5) is 26.3 Å². The lowest BCUT2D eigenvalue weighted by molar-refractivity contribution is -0.304. The van der Waals surface area contributed by atoms with Gasteiger partial charge in [0.25, 0.3) is 6.17 Å². The number of ether oxygens (including phenoxy) is 1. The van der Waals surface area contributed by atoms with E-state index in [0.29, 0.717) is 0 Å². The van der Waals surface area contributed by atoms with Crippen LogP contribution in [-0.2, 0) is 0 Å². The van der Waals surface area contributed by atoms with E-state index in [-0.39, 0.29) is 0 Å². The van der Waals surface area contributed by atoms with Gasteiger partial charge in [0.1, 0.15) is 0 Å². The zero-order valence-electron chi connectivity index (χ0n) is 8.24. The Morgan fingerprint density at radius 2 is 1.44 bits per heavy atom. The molecule has 0 aliphatic rings. The largest absolute Gasteiger partial charge is 0.439 e. The maximum atomic E-state index is 12.9. The Morgan fingerprint density at radius 3 is 1.83 bits per heavy atom. The lowest BCUT2D eigenvalue weighted by Gasteiger charge is -2.23. The highest BCUT2D eigenvalue weighted by molar-refractivity contribution is 6.37. The molecule has 0 aliphatic carbocycles. The number of halogens is 8. The minimum Gasteiger partial charge on any atom is -0.427 e. The highest BCUT2D eigenvalue weighted by Gasteiger charge is 2.59. The Bertz CT molecular complexity index is 413. The average molecular weight is 313 g/mol. The summed E-state index contributed by atoms with van der Waals surface area (Å²) >= 11 is 10.8. The van der Waals surface area contributed by atoms with Crippen LogP contribution in [0, 0.1) is 0 Å². The molecule has 0 bridgehead atoms. The van der Waals surface area contributed by atoms with Crippen LogP contribution >= 0.6 is 23.2 Å². The fourth-order valence-corrected chi connectivity index (χ4v) is 1.43. The van der Waals surface area contributed by atoms with Gasteiger partial charge in [-0.3, -0.25) is 0 Å². The van der Waals surface area contributed by atoms with E-state index in [2.05, 4.69) is 4.74 Å². The van der Waals surface area contributed by atoms with Crippen LogP contribution in [0.3, 0.4) is 0 Å². The molecule has 0 saturated heterocycles. The van der Waals surface area contributed by atoms with Crippen molar-refractivity contribution in [2.75, 3.05) is 0 Å². The lowest BCUT2D eigenvalue weighted by Crippen LogP contribution is -2.45. The van der Waals surface area contributed by atoms with Crippen LogP contribution in [0.15, 0.2) is 18.2 Å². The van der Waals surface area contributed by atoms with E-state index in [0.717, 1.165) is 12.1 Å². The zero-order valence-corrected chi connectivity index (χ0v) is 9.75. The van der Waals surface area contributed by atoms with Gasteiger partial charge in [0.05, 0.1) is 10.0 Å². The van der Waals surface area contributed by atoms with Gasteiger partial charge in [-0.25, -0.2) is 4.39 Å². The summed E-state index contributed by atoms with van der Waals surface area (Å²) < 4.78 is 77.6. The molecule has 0 radical (unpaired) electrons. The first kappa shape index (κ1) is 15.2. The molecule has 0 saturated carbocycles. The average Bonchev–Trinajstić information content (AvgIpc) is 2.21. The minimum atomic E-state index is -5.77. The van der Waals surface area contributed by atoms with Crippen molar-refractivity contribution in [2.24, 2.45) is 0 Å². The predicted molar refractivity (Wildman–Crippen MR) is 53.0 cm³/mol. The second-order valence-corrected chi connectivity index (χ2v) is 3.93. The summed E-state index contributed by atoms with van der Waals surface area (Å²) in [7, 11) is 0. The van der Waals surface area contributed by atoms with Gasteiger partial charge in [0.15, 0.2) is 5.75 Å². The van der Waals surface area contributed by atoms with Gasteiger partial charge >= 0.3 is 12.3 Å². The van der Waals surface area contributed by atoms with Crippen molar-refractivity contribution in [3.63, 3.8) is 0 Å². The van der Waals surface area contributed by atoms with Gasteiger partial charge in [-0.05, 0) is 12.1 Å². The molecule has 0 N–H and O–H groups in total. The Labute approximate surface area is 107 Å². The van der Waals surface area contributed by atoms with Gasteiger partial charge in [0.2, 0.25) is 0 Å². The second kappa shape index (κ2) is 5.05. The number of hydrogen-bond acceptors (Lipinski definition) is 1. The normalized spacial score (nSPS) is 14.4. The number of benzene rings is 1. The molecule has 1 rings (SSSR count). The van der Waals surface area contributed by atoms with Crippen LogP contribution in [0.1, 0.15) is 0 Å². The molecule has 1 atom stereocenters. The van der Waals surface area contributed by atoms with E-state index < -0.39 is 34.3 Å². The smallest absolute Gasteiger partial charge is 0.427 e. The molecule has 0 aliphatic heterocycles. The van der Waals surface area contributed by atoms with Crippen LogP contribution in [0.2, 0.25) is 10.0 Å². The van der Waals surface area contributed by atoms with Crippen molar-refractivity contribution >= 4 is 23.2 Å². The maximum Gasteiger partial charge on any atom is 0.439 e. The summed E-state index contributed by atoms with van der Waals surface area (Å²) in [5, 5.41) is -0.923. The van der Waals surface area contributed by atoms with Crippen LogP contribution in [-0.4, -0.2) is 18.5 Å². The molecule has 0 spiro atoms. The molecule has 0 amide bonds. The van der Waals surface area contributed by atoms with Gasteiger partial charge in [-0.2, -0.15) is 22.0 Å². The summed E-state index contributed by atoms with van der Waals surface area (Å²) in [6, 6.07) is 3.37. The van der Waals surface area contributed by atoms with Crippen molar-refractivity contribution < 1.29 is 31.1 Å². The summed E-state index contributed by atoms with van der Waals surface area (Å²) in [4.78, 5) is 0. The van der Waals surface area contributed by atoms with E-state index in [1.807, 2.05) is 0 Å². The maximum absolute atomic E-state index is 12.9. The van der Waals surface area contributed by atoms with E-state index in [1.165, 1.54) is 6.07 Å². The number of alkyl halides is 6. The van der Waals surface area contributed by atoms with Crippen LogP contribution in [0.25, 0.3) is 0 Å². The van der Waals surface area contributed by atoms with Crippen LogP contribution < -0.4 is 4.74 Å². The summed E-state index contributed by atoms with van der Waals surface area (Å²) in [5.74, 6) is -0.919. The van der Waals surface area contributed by atoms with E-state index in [4.69, 9.17) is 23.2 Å². The van der Waals surface area contributed by atoms with Gasteiger partial charge in [0, 0.05) is 0 Å². The highest BCUT2D eigenvalue weighted by Crippen LogP contribution is 2.41. The predicted octanol–water partition coefficient (Wildman–Crippen LogP) is 4.87. The Kier molecular flexibility index (Phi) is 4.27. The fourth-order valence-electron chi connectivity index (χ4n) is 0.958. The Hall–Kier alpha value is -0.820. The third-order valence-electron chi connectivity index (χ3n) is 1.74. The van der Waals surface area contributed by atoms with Gasteiger partial charge in [-0.15, -0.1) is 0 Å². The Balaban J connectivity index is 3.03.